The number of amides is 3. The summed E-state index contributed by atoms with van der Waals surface area (Å²) in [6, 6.07) is 19.8. The van der Waals surface area contributed by atoms with Gasteiger partial charge in [0.2, 0.25) is 17.7 Å². The van der Waals surface area contributed by atoms with Gasteiger partial charge in [-0.25, -0.2) is 0 Å². The van der Waals surface area contributed by atoms with Crippen LogP contribution < -0.4 is 5.32 Å². The summed E-state index contributed by atoms with van der Waals surface area (Å²) in [4.78, 5) is 41.0. The quantitative estimate of drug-likeness (QED) is 0.329. The van der Waals surface area contributed by atoms with Crippen LogP contribution in [-0.2, 0) is 24.1 Å². The number of para-hydroxylation sites is 1. The van der Waals surface area contributed by atoms with Crippen LogP contribution in [0.4, 0.5) is 5.69 Å². The number of hydrogen-bond donors (Lipinski definition) is 1. The topological polar surface area (TPSA) is 66.5 Å². The molecule has 4 aliphatic rings. The first-order chi connectivity index (χ1) is 18.0. The summed E-state index contributed by atoms with van der Waals surface area (Å²) in [7, 11) is 0. The van der Waals surface area contributed by atoms with E-state index in [1.807, 2.05) is 94.4 Å². The zero-order valence-corrected chi connectivity index (χ0v) is 23.1. The molecule has 3 atom stereocenters. The maximum atomic E-state index is 14.3. The molecule has 2 bridgehead atoms. The average molecular weight is 547 g/mol. The Balaban J connectivity index is 1.49. The number of likely N-dealkylation sites (tertiary alicyclic amines) is 1. The highest BCUT2D eigenvalue weighted by Gasteiger charge is 2.73. The molecule has 3 amide bonds. The van der Waals surface area contributed by atoms with Crippen molar-refractivity contribution in [3.63, 3.8) is 0 Å². The summed E-state index contributed by atoms with van der Waals surface area (Å²) in [6.45, 7) is 7.49. The first kappa shape index (κ1) is 25.1. The number of nitrogens with zero attached hydrogens (tertiary/aromatic N) is 1. The molecular formula is C31H28Cl2N2O3. The third-order valence-electron chi connectivity index (χ3n) is 8.53. The highest BCUT2D eigenvalue weighted by atomic mass is 35.5. The SMILES string of the molecule is Cc1cccc(C)c1NC(=O)[C@H](C(C)C)N1C(=O)[C@H]2[C@H](C1=O)C1(Cl)c3ccccc3C2(Cl)c2ccccc21. The Morgan fingerprint density at radius 1 is 0.763 bits per heavy atom. The number of rotatable bonds is 4. The van der Waals surface area contributed by atoms with Crippen molar-refractivity contribution in [2.45, 2.75) is 43.5 Å². The van der Waals surface area contributed by atoms with E-state index < -0.39 is 45.3 Å². The molecule has 0 aromatic heterocycles. The average Bonchev–Trinajstić information content (AvgIpc) is 3.16. The zero-order valence-electron chi connectivity index (χ0n) is 21.6. The van der Waals surface area contributed by atoms with E-state index in [0.717, 1.165) is 38.3 Å². The predicted molar refractivity (Wildman–Crippen MR) is 148 cm³/mol. The fourth-order valence-electron chi connectivity index (χ4n) is 6.89. The van der Waals surface area contributed by atoms with Gasteiger partial charge in [0.1, 0.15) is 15.8 Å². The number of anilines is 1. The Bertz CT molecular complexity index is 1390. The van der Waals surface area contributed by atoms with Crippen molar-refractivity contribution in [2.24, 2.45) is 17.8 Å². The molecule has 3 aromatic carbocycles. The number of imide groups is 1. The Morgan fingerprint density at radius 2 is 1.16 bits per heavy atom. The van der Waals surface area contributed by atoms with Gasteiger partial charge in [-0.3, -0.25) is 19.3 Å². The smallest absolute Gasteiger partial charge is 0.247 e. The molecule has 3 aliphatic carbocycles. The van der Waals surface area contributed by atoms with Crippen LogP contribution in [0.3, 0.4) is 0 Å². The van der Waals surface area contributed by atoms with E-state index in [0.29, 0.717) is 5.69 Å². The van der Waals surface area contributed by atoms with Crippen LogP contribution in [0.15, 0.2) is 66.7 Å². The number of nitrogens with one attached hydrogen (secondary N) is 1. The van der Waals surface area contributed by atoms with Crippen LogP contribution in [0.25, 0.3) is 0 Å². The van der Waals surface area contributed by atoms with Gasteiger partial charge in [0.05, 0.1) is 11.8 Å². The van der Waals surface area contributed by atoms with E-state index in [1.165, 1.54) is 0 Å². The summed E-state index contributed by atoms with van der Waals surface area (Å²) >= 11 is 15.0. The van der Waals surface area contributed by atoms with Crippen LogP contribution in [0.2, 0.25) is 0 Å². The fraction of sp³-hybridized carbons (Fsp3) is 0.323. The molecule has 0 spiro atoms. The summed E-state index contributed by atoms with van der Waals surface area (Å²) in [5.41, 5.74) is 5.43. The molecule has 5 nitrogen and oxygen atoms in total. The van der Waals surface area contributed by atoms with Gasteiger partial charge >= 0.3 is 0 Å². The largest absolute Gasteiger partial charge is 0.324 e. The van der Waals surface area contributed by atoms with E-state index in [4.69, 9.17) is 23.2 Å². The Morgan fingerprint density at radius 3 is 1.53 bits per heavy atom. The zero-order chi connectivity index (χ0) is 27.1. The standard InChI is InChI=1S/C31H28Cl2N2O3/c1-16(2)26(27(36)34-25-17(3)10-9-11-18(25)4)35-28(37)23-24(29(35)38)31(33)20-13-6-5-12-19(20)30(23,32)21-14-7-8-15-22(21)31/h5-16,23-24,26H,1-4H3,(H,34,36)/t23-,24-,26+,30?,31?/m1/s1. The fourth-order valence-corrected chi connectivity index (χ4v) is 7.99. The van der Waals surface area contributed by atoms with Crippen molar-refractivity contribution in [1.82, 2.24) is 4.90 Å². The Kier molecular flexibility index (Phi) is 5.57. The van der Waals surface area contributed by atoms with E-state index in [1.54, 1.807) is 0 Å². The van der Waals surface area contributed by atoms with Gasteiger partial charge in [-0.1, -0.05) is 80.6 Å². The molecule has 3 aromatic rings. The number of halogens is 2. The molecule has 1 fully saturated rings. The van der Waals surface area contributed by atoms with Crippen molar-refractivity contribution in [2.75, 3.05) is 5.32 Å². The molecule has 38 heavy (non-hydrogen) atoms. The molecule has 1 saturated heterocycles. The van der Waals surface area contributed by atoms with Gasteiger partial charge in [-0.15, -0.1) is 23.2 Å². The summed E-state index contributed by atoms with van der Waals surface area (Å²) < 4.78 is 0. The molecule has 7 rings (SSSR count). The monoisotopic (exact) mass is 546 g/mol. The summed E-state index contributed by atoms with van der Waals surface area (Å²) in [6.07, 6.45) is 0. The number of hydrogen-bond acceptors (Lipinski definition) is 3. The second-order valence-electron chi connectivity index (χ2n) is 11.0. The van der Waals surface area contributed by atoms with Crippen LogP contribution >= 0.6 is 23.2 Å². The molecule has 194 valence electrons. The van der Waals surface area contributed by atoms with Gasteiger partial charge in [0.25, 0.3) is 0 Å². The molecule has 0 saturated carbocycles. The number of aryl methyl sites for hydroxylation is 2. The molecule has 1 N–H and O–H groups in total. The molecule has 1 heterocycles. The highest BCUT2D eigenvalue weighted by molar-refractivity contribution is 6.36. The first-order valence-corrected chi connectivity index (χ1v) is 13.6. The lowest BCUT2D eigenvalue weighted by Gasteiger charge is -2.54. The van der Waals surface area contributed by atoms with Crippen molar-refractivity contribution in [3.8, 4) is 0 Å². The van der Waals surface area contributed by atoms with Gasteiger partial charge in [0, 0.05) is 5.69 Å². The summed E-state index contributed by atoms with van der Waals surface area (Å²) in [5.74, 6) is -3.54. The number of benzene rings is 3. The third-order valence-corrected chi connectivity index (χ3v) is 9.81. The minimum absolute atomic E-state index is 0.340. The first-order valence-electron chi connectivity index (χ1n) is 12.9. The molecular weight excluding hydrogens is 519 g/mol. The lowest BCUT2D eigenvalue weighted by Crippen LogP contribution is -2.57. The van der Waals surface area contributed by atoms with Crippen LogP contribution in [0, 0.1) is 31.6 Å². The maximum absolute atomic E-state index is 14.3. The molecule has 7 heteroatoms. The van der Waals surface area contributed by atoms with Crippen molar-refractivity contribution in [1.29, 1.82) is 0 Å². The van der Waals surface area contributed by atoms with Gasteiger partial charge in [0.15, 0.2) is 0 Å². The lowest BCUT2D eigenvalue weighted by molar-refractivity contribution is -0.148. The van der Waals surface area contributed by atoms with Crippen molar-refractivity contribution < 1.29 is 14.4 Å². The van der Waals surface area contributed by atoms with Crippen LogP contribution in [-0.4, -0.2) is 28.7 Å². The van der Waals surface area contributed by atoms with Crippen LogP contribution in [0.1, 0.15) is 47.2 Å². The van der Waals surface area contributed by atoms with E-state index in [2.05, 4.69) is 5.32 Å². The third kappa shape index (κ3) is 3.03. The van der Waals surface area contributed by atoms with Crippen molar-refractivity contribution in [3.05, 3.63) is 100 Å². The second kappa shape index (κ2) is 8.42. The Hall–Kier alpha value is -3.15. The van der Waals surface area contributed by atoms with Gasteiger partial charge < -0.3 is 5.32 Å². The van der Waals surface area contributed by atoms with Gasteiger partial charge in [-0.2, -0.15) is 0 Å². The number of carbonyl (C=O) groups is 3. The molecule has 1 aliphatic heterocycles. The second-order valence-corrected chi connectivity index (χ2v) is 12.2. The normalized spacial score (nSPS) is 27.7. The number of alkyl halides is 2. The molecule has 0 radical (unpaired) electrons. The van der Waals surface area contributed by atoms with Crippen molar-refractivity contribution >= 4 is 46.6 Å². The predicted octanol–water partition coefficient (Wildman–Crippen LogP) is 5.86. The van der Waals surface area contributed by atoms with E-state index >= 15 is 0 Å². The van der Waals surface area contributed by atoms with Gasteiger partial charge in [-0.05, 0) is 53.1 Å². The summed E-state index contributed by atoms with van der Waals surface area (Å²) in [5, 5.41) is 3.00. The highest BCUT2D eigenvalue weighted by Crippen LogP contribution is 2.69. The Labute approximate surface area is 232 Å². The maximum Gasteiger partial charge on any atom is 0.247 e. The minimum atomic E-state index is -1.28. The van der Waals surface area contributed by atoms with E-state index in [-0.39, 0.29) is 5.92 Å². The van der Waals surface area contributed by atoms with Crippen LogP contribution in [0.5, 0.6) is 0 Å². The molecule has 0 unspecified atom stereocenters. The number of carbonyl (C=O) groups excluding carboxylic acids is 3. The minimum Gasteiger partial charge on any atom is -0.324 e. The lowest BCUT2D eigenvalue weighted by atomic mass is 9.54. The van der Waals surface area contributed by atoms with E-state index in [9.17, 15) is 14.4 Å².